The van der Waals surface area contributed by atoms with Crippen molar-refractivity contribution in [1.82, 2.24) is 15.2 Å². The van der Waals surface area contributed by atoms with Gasteiger partial charge in [-0.1, -0.05) is 18.2 Å². The minimum Gasteiger partial charge on any atom is -0.378 e. The second-order valence-electron chi connectivity index (χ2n) is 5.01. The highest BCUT2D eigenvalue weighted by molar-refractivity contribution is 5.39. The number of ether oxygens (including phenoxy) is 1. The molecule has 0 saturated carbocycles. The molecule has 0 radical (unpaired) electrons. The van der Waals surface area contributed by atoms with Crippen molar-refractivity contribution in [1.29, 1.82) is 0 Å². The van der Waals surface area contributed by atoms with Crippen molar-refractivity contribution in [3.8, 4) is 0 Å². The molecule has 0 spiro atoms. The van der Waals surface area contributed by atoms with E-state index in [2.05, 4.69) is 20.5 Å². The maximum Gasteiger partial charge on any atom is 0.247 e. The fraction of sp³-hybridized carbons (Fsp3) is 0.400. The molecule has 1 aromatic carbocycles. The van der Waals surface area contributed by atoms with E-state index in [-0.39, 0.29) is 5.82 Å². The van der Waals surface area contributed by atoms with Gasteiger partial charge in [0.2, 0.25) is 5.95 Å². The predicted molar refractivity (Wildman–Crippen MR) is 81.5 cm³/mol. The quantitative estimate of drug-likeness (QED) is 0.903. The largest absolute Gasteiger partial charge is 0.378 e. The van der Waals surface area contributed by atoms with Crippen LogP contribution in [0.15, 0.2) is 30.5 Å². The summed E-state index contributed by atoms with van der Waals surface area (Å²) in [6.07, 6.45) is 2.16. The smallest absolute Gasteiger partial charge is 0.247 e. The second-order valence-corrected chi connectivity index (χ2v) is 5.01. The van der Waals surface area contributed by atoms with E-state index in [1.165, 1.54) is 6.07 Å². The van der Waals surface area contributed by atoms with E-state index < -0.39 is 0 Å². The van der Waals surface area contributed by atoms with Gasteiger partial charge in [-0.2, -0.15) is 10.1 Å². The Kier molecular flexibility index (Phi) is 4.75. The molecule has 0 unspecified atom stereocenters. The van der Waals surface area contributed by atoms with Crippen LogP contribution in [0, 0.1) is 5.82 Å². The molecule has 1 N–H and O–H groups in total. The third-order valence-electron chi connectivity index (χ3n) is 3.50. The summed E-state index contributed by atoms with van der Waals surface area (Å²) >= 11 is 0. The standard InChI is InChI=1S/C15H18FN5O/c16-13-4-2-1-3-12(13)5-6-17-14-11-18-20-15(19-14)21-7-9-22-10-8-21/h1-4,11H,5-10H2,(H,17,19,20). The normalized spacial score (nSPS) is 14.9. The van der Waals surface area contributed by atoms with Crippen LogP contribution in [0.25, 0.3) is 0 Å². The molecule has 0 aliphatic carbocycles. The number of anilines is 2. The zero-order chi connectivity index (χ0) is 15.2. The fourth-order valence-corrected chi connectivity index (χ4v) is 2.30. The van der Waals surface area contributed by atoms with Gasteiger partial charge in [0, 0.05) is 19.6 Å². The Morgan fingerprint density at radius 1 is 1.23 bits per heavy atom. The Morgan fingerprint density at radius 2 is 2.05 bits per heavy atom. The lowest BCUT2D eigenvalue weighted by molar-refractivity contribution is 0.122. The maximum absolute atomic E-state index is 13.5. The molecular formula is C15H18FN5O. The van der Waals surface area contributed by atoms with E-state index in [0.29, 0.717) is 43.5 Å². The Labute approximate surface area is 128 Å². The lowest BCUT2D eigenvalue weighted by Gasteiger charge is -2.26. The van der Waals surface area contributed by atoms with Gasteiger partial charge in [-0.3, -0.25) is 0 Å². The first kappa shape index (κ1) is 14.6. The molecule has 0 atom stereocenters. The molecule has 22 heavy (non-hydrogen) atoms. The summed E-state index contributed by atoms with van der Waals surface area (Å²) in [6, 6.07) is 6.78. The minimum absolute atomic E-state index is 0.181. The highest BCUT2D eigenvalue weighted by Gasteiger charge is 2.14. The van der Waals surface area contributed by atoms with Crippen LogP contribution in [0.4, 0.5) is 16.2 Å². The first-order chi connectivity index (χ1) is 10.8. The van der Waals surface area contributed by atoms with Crippen LogP contribution < -0.4 is 10.2 Å². The van der Waals surface area contributed by atoms with Gasteiger partial charge in [-0.25, -0.2) is 4.39 Å². The Morgan fingerprint density at radius 3 is 2.86 bits per heavy atom. The number of benzene rings is 1. The summed E-state index contributed by atoms with van der Waals surface area (Å²) in [5.74, 6) is 1.06. The molecule has 0 bridgehead atoms. The topological polar surface area (TPSA) is 63.2 Å². The van der Waals surface area contributed by atoms with Crippen molar-refractivity contribution in [2.45, 2.75) is 6.42 Å². The van der Waals surface area contributed by atoms with Gasteiger partial charge in [-0.05, 0) is 18.1 Å². The van der Waals surface area contributed by atoms with Crippen molar-refractivity contribution >= 4 is 11.8 Å². The summed E-state index contributed by atoms with van der Waals surface area (Å²) in [5.41, 5.74) is 0.686. The summed E-state index contributed by atoms with van der Waals surface area (Å²) in [6.45, 7) is 3.46. The molecule has 6 nitrogen and oxygen atoms in total. The highest BCUT2D eigenvalue weighted by atomic mass is 19.1. The molecule has 1 aromatic heterocycles. The van der Waals surface area contributed by atoms with Crippen LogP contribution in [0.2, 0.25) is 0 Å². The lowest BCUT2D eigenvalue weighted by Crippen LogP contribution is -2.37. The van der Waals surface area contributed by atoms with E-state index >= 15 is 0 Å². The molecule has 2 heterocycles. The average molecular weight is 303 g/mol. The van der Waals surface area contributed by atoms with Gasteiger partial charge < -0.3 is 15.0 Å². The van der Waals surface area contributed by atoms with Crippen LogP contribution in [-0.2, 0) is 11.2 Å². The lowest BCUT2D eigenvalue weighted by atomic mass is 10.1. The second kappa shape index (κ2) is 7.13. The SMILES string of the molecule is Fc1ccccc1CCNc1cnnc(N2CCOCC2)n1. The van der Waals surface area contributed by atoms with Crippen molar-refractivity contribution in [3.63, 3.8) is 0 Å². The van der Waals surface area contributed by atoms with Gasteiger partial charge in [0.25, 0.3) is 0 Å². The van der Waals surface area contributed by atoms with Crippen molar-refractivity contribution in [2.75, 3.05) is 43.1 Å². The number of morpholine rings is 1. The van der Waals surface area contributed by atoms with Gasteiger partial charge in [0.15, 0.2) is 5.82 Å². The third-order valence-corrected chi connectivity index (χ3v) is 3.50. The van der Waals surface area contributed by atoms with Crippen molar-refractivity contribution in [3.05, 3.63) is 41.8 Å². The van der Waals surface area contributed by atoms with Crippen LogP contribution in [0.3, 0.4) is 0 Å². The van der Waals surface area contributed by atoms with Crippen molar-refractivity contribution < 1.29 is 9.13 Å². The maximum atomic E-state index is 13.5. The number of halogens is 1. The zero-order valence-electron chi connectivity index (χ0n) is 12.2. The molecule has 0 amide bonds. The Bertz CT molecular complexity index is 618. The molecule has 116 valence electrons. The number of nitrogens with zero attached hydrogens (tertiary/aromatic N) is 4. The van der Waals surface area contributed by atoms with E-state index in [0.717, 1.165) is 13.1 Å². The van der Waals surface area contributed by atoms with Gasteiger partial charge in [0.1, 0.15) is 5.82 Å². The zero-order valence-corrected chi connectivity index (χ0v) is 12.2. The summed E-state index contributed by atoms with van der Waals surface area (Å²) in [4.78, 5) is 6.48. The first-order valence-corrected chi connectivity index (χ1v) is 7.32. The van der Waals surface area contributed by atoms with Gasteiger partial charge >= 0.3 is 0 Å². The Balaban J connectivity index is 1.57. The van der Waals surface area contributed by atoms with Crippen LogP contribution in [0.1, 0.15) is 5.56 Å². The van der Waals surface area contributed by atoms with Crippen LogP contribution in [-0.4, -0.2) is 48.0 Å². The van der Waals surface area contributed by atoms with E-state index in [9.17, 15) is 4.39 Å². The van der Waals surface area contributed by atoms with Crippen molar-refractivity contribution in [2.24, 2.45) is 0 Å². The fourth-order valence-electron chi connectivity index (χ4n) is 2.30. The molecule has 1 fully saturated rings. The van der Waals surface area contributed by atoms with E-state index in [1.807, 2.05) is 11.0 Å². The summed E-state index contributed by atoms with van der Waals surface area (Å²) in [5, 5.41) is 11.2. The summed E-state index contributed by atoms with van der Waals surface area (Å²) in [7, 11) is 0. The third kappa shape index (κ3) is 3.67. The molecule has 1 aliphatic rings. The monoisotopic (exact) mass is 303 g/mol. The summed E-state index contributed by atoms with van der Waals surface area (Å²) < 4.78 is 18.8. The first-order valence-electron chi connectivity index (χ1n) is 7.32. The molecule has 1 saturated heterocycles. The number of nitrogens with one attached hydrogen (secondary N) is 1. The Hall–Kier alpha value is -2.28. The van der Waals surface area contributed by atoms with E-state index in [1.54, 1.807) is 18.3 Å². The minimum atomic E-state index is -0.181. The van der Waals surface area contributed by atoms with Crippen LogP contribution in [0.5, 0.6) is 0 Å². The molecule has 2 aromatic rings. The average Bonchev–Trinajstić information content (AvgIpc) is 2.58. The van der Waals surface area contributed by atoms with Gasteiger partial charge in [0.05, 0.1) is 19.4 Å². The predicted octanol–water partition coefficient (Wildman–Crippen LogP) is 1.50. The number of rotatable bonds is 5. The number of hydrogen-bond acceptors (Lipinski definition) is 6. The van der Waals surface area contributed by atoms with Gasteiger partial charge in [-0.15, -0.1) is 5.10 Å². The molecule has 7 heteroatoms. The molecule has 3 rings (SSSR count). The molecule has 1 aliphatic heterocycles. The van der Waals surface area contributed by atoms with E-state index in [4.69, 9.17) is 4.74 Å². The molecular weight excluding hydrogens is 285 g/mol. The number of aromatic nitrogens is 3. The highest BCUT2D eigenvalue weighted by Crippen LogP contribution is 2.12. The number of hydrogen-bond donors (Lipinski definition) is 1. The van der Waals surface area contributed by atoms with Crippen LogP contribution >= 0.6 is 0 Å².